The maximum absolute atomic E-state index is 12.6. The highest BCUT2D eigenvalue weighted by Crippen LogP contribution is 2.34. The van der Waals surface area contributed by atoms with Crippen LogP contribution in [0.2, 0.25) is 10.0 Å². The number of carbonyl (C=O) groups excluding carboxylic acids is 2. The highest BCUT2D eigenvalue weighted by molar-refractivity contribution is 6.43. The SMILES string of the molecule is CC(=O)OC(C(O)O)N1C(=O)CCc2ccc(OCCCCN3CCN(c4cccc(Cl)c4Cl)CC3)cc21. The van der Waals surface area contributed by atoms with Crippen molar-refractivity contribution in [2.45, 2.75) is 45.1 Å². The zero-order valence-corrected chi connectivity index (χ0v) is 22.8. The number of hydrogen-bond donors (Lipinski definition) is 2. The number of benzene rings is 2. The van der Waals surface area contributed by atoms with Crippen molar-refractivity contribution in [2.75, 3.05) is 49.1 Å². The van der Waals surface area contributed by atoms with Gasteiger partial charge in [-0.3, -0.25) is 19.4 Å². The molecule has 1 atom stereocenters. The number of esters is 1. The molecule has 0 aliphatic carbocycles. The Morgan fingerprint density at radius 1 is 1.03 bits per heavy atom. The molecule has 2 heterocycles. The summed E-state index contributed by atoms with van der Waals surface area (Å²) in [5, 5.41) is 20.7. The Bertz CT molecular complexity index is 1140. The van der Waals surface area contributed by atoms with Gasteiger partial charge in [-0.2, -0.15) is 0 Å². The first-order chi connectivity index (χ1) is 18.2. The maximum atomic E-state index is 12.6. The lowest BCUT2D eigenvalue weighted by Gasteiger charge is -2.36. The fourth-order valence-electron chi connectivity index (χ4n) is 4.84. The van der Waals surface area contributed by atoms with Crippen LogP contribution in [0.1, 0.15) is 31.7 Å². The molecule has 11 heteroatoms. The first kappa shape index (κ1) is 28.4. The van der Waals surface area contributed by atoms with E-state index in [0.717, 1.165) is 68.6 Å². The molecule has 2 aromatic carbocycles. The first-order valence-electron chi connectivity index (χ1n) is 12.8. The Balaban J connectivity index is 1.26. The molecule has 0 spiro atoms. The largest absolute Gasteiger partial charge is 0.494 e. The van der Waals surface area contributed by atoms with E-state index in [0.29, 0.717) is 34.5 Å². The van der Waals surface area contributed by atoms with Crippen molar-refractivity contribution in [3.63, 3.8) is 0 Å². The molecule has 0 bridgehead atoms. The van der Waals surface area contributed by atoms with E-state index in [1.54, 1.807) is 12.1 Å². The van der Waals surface area contributed by atoms with Gasteiger partial charge in [0, 0.05) is 45.6 Å². The van der Waals surface area contributed by atoms with Gasteiger partial charge in [-0.05, 0) is 49.6 Å². The molecule has 2 N–H and O–H groups in total. The van der Waals surface area contributed by atoms with Gasteiger partial charge in [-0.15, -0.1) is 0 Å². The second kappa shape index (κ2) is 13.0. The van der Waals surface area contributed by atoms with E-state index >= 15 is 0 Å². The van der Waals surface area contributed by atoms with E-state index in [-0.39, 0.29) is 12.3 Å². The third-order valence-electron chi connectivity index (χ3n) is 6.77. The Hall–Kier alpha value is -2.56. The number of anilines is 2. The van der Waals surface area contributed by atoms with Crippen LogP contribution in [0, 0.1) is 0 Å². The number of halogens is 2. The molecule has 1 amide bonds. The van der Waals surface area contributed by atoms with Crippen molar-refractivity contribution in [3.05, 3.63) is 52.0 Å². The quantitative estimate of drug-likeness (QED) is 0.256. The van der Waals surface area contributed by atoms with Gasteiger partial charge in [0.2, 0.25) is 18.4 Å². The van der Waals surface area contributed by atoms with Crippen LogP contribution in [0.5, 0.6) is 5.75 Å². The summed E-state index contributed by atoms with van der Waals surface area (Å²) in [6.45, 7) is 6.28. The van der Waals surface area contributed by atoms with Crippen LogP contribution in [-0.2, 0) is 20.7 Å². The number of fused-ring (bicyclic) bond motifs is 1. The molecule has 2 aliphatic heterocycles. The van der Waals surface area contributed by atoms with E-state index in [1.165, 1.54) is 0 Å². The van der Waals surface area contributed by atoms with Gasteiger partial charge in [0.25, 0.3) is 0 Å². The predicted molar refractivity (Wildman–Crippen MR) is 146 cm³/mol. The number of aliphatic hydroxyl groups excluding tert-OH is 1. The zero-order chi connectivity index (χ0) is 27.2. The summed E-state index contributed by atoms with van der Waals surface area (Å²) < 4.78 is 11.0. The summed E-state index contributed by atoms with van der Waals surface area (Å²) in [5.41, 5.74) is 2.27. The smallest absolute Gasteiger partial charge is 0.304 e. The highest BCUT2D eigenvalue weighted by atomic mass is 35.5. The van der Waals surface area contributed by atoms with Crippen molar-refractivity contribution in [1.29, 1.82) is 0 Å². The average Bonchev–Trinajstić information content (AvgIpc) is 2.89. The monoisotopic (exact) mass is 565 g/mol. The van der Waals surface area contributed by atoms with Crippen molar-refractivity contribution < 1.29 is 29.3 Å². The van der Waals surface area contributed by atoms with E-state index in [4.69, 9.17) is 32.7 Å². The van der Waals surface area contributed by atoms with Gasteiger partial charge in [-0.25, -0.2) is 0 Å². The molecule has 38 heavy (non-hydrogen) atoms. The van der Waals surface area contributed by atoms with E-state index in [1.807, 2.05) is 24.3 Å². The topological polar surface area (TPSA) is 103 Å². The Labute approximate surface area is 232 Å². The van der Waals surface area contributed by atoms with Gasteiger partial charge in [0.15, 0.2) is 0 Å². The molecule has 2 aliphatic rings. The number of aliphatic hydroxyl groups is 2. The molecule has 0 aromatic heterocycles. The molecular formula is C27H33Cl2N3O6. The van der Waals surface area contributed by atoms with Crippen LogP contribution < -0.4 is 14.5 Å². The predicted octanol–water partition coefficient (Wildman–Crippen LogP) is 3.45. The number of aryl methyl sites for hydroxylation is 1. The molecule has 2 aromatic rings. The van der Waals surface area contributed by atoms with Gasteiger partial charge in [-0.1, -0.05) is 35.3 Å². The number of nitrogens with zero attached hydrogens (tertiary/aromatic N) is 3. The van der Waals surface area contributed by atoms with Gasteiger partial charge < -0.3 is 24.6 Å². The van der Waals surface area contributed by atoms with Crippen molar-refractivity contribution >= 4 is 46.5 Å². The van der Waals surface area contributed by atoms with Gasteiger partial charge in [0.05, 0.1) is 28.0 Å². The van der Waals surface area contributed by atoms with Gasteiger partial charge in [0.1, 0.15) is 5.75 Å². The van der Waals surface area contributed by atoms with Crippen LogP contribution in [-0.4, -0.2) is 78.8 Å². The standard InChI is InChI=1S/C27H33Cl2N3O6/c1-18(33)38-26(27(35)36)32-23-17-20(9-7-19(23)8-10-24(32)34)37-16-3-2-11-30-12-14-31(15-13-30)22-6-4-5-21(28)25(22)29/h4-7,9,17,26-27,35-36H,2-3,8,10-16H2,1H3. The van der Waals surface area contributed by atoms with Crippen molar-refractivity contribution in [3.8, 4) is 5.75 Å². The summed E-state index contributed by atoms with van der Waals surface area (Å²) in [5.74, 6) is -0.513. The average molecular weight is 566 g/mol. The summed E-state index contributed by atoms with van der Waals surface area (Å²) >= 11 is 12.5. The normalized spacial score (nSPS) is 16.9. The number of unbranched alkanes of at least 4 members (excludes halogenated alkanes) is 1. The molecule has 1 fully saturated rings. The molecule has 9 nitrogen and oxygen atoms in total. The van der Waals surface area contributed by atoms with Crippen LogP contribution in [0.15, 0.2) is 36.4 Å². The van der Waals surface area contributed by atoms with E-state index in [2.05, 4.69) is 9.80 Å². The lowest BCUT2D eigenvalue weighted by Crippen LogP contribution is -2.51. The van der Waals surface area contributed by atoms with Crippen LogP contribution in [0.25, 0.3) is 0 Å². The lowest BCUT2D eigenvalue weighted by molar-refractivity contribution is -0.174. The molecule has 1 saturated heterocycles. The maximum Gasteiger partial charge on any atom is 0.304 e. The molecular weight excluding hydrogens is 533 g/mol. The third-order valence-corrected chi connectivity index (χ3v) is 7.58. The number of carbonyl (C=O) groups is 2. The highest BCUT2D eigenvalue weighted by Gasteiger charge is 2.36. The fraction of sp³-hybridized carbons (Fsp3) is 0.481. The minimum absolute atomic E-state index is 0.179. The lowest BCUT2D eigenvalue weighted by atomic mass is 10.0. The number of amides is 1. The van der Waals surface area contributed by atoms with E-state index in [9.17, 15) is 19.8 Å². The molecule has 206 valence electrons. The van der Waals surface area contributed by atoms with E-state index < -0.39 is 18.5 Å². The minimum atomic E-state index is -2.04. The Kier molecular flexibility index (Phi) is 9.73. The second-order valence-electron chi connectivity index (χ2n) is 9.43. The third kappa shape index (κ3) is 6.90. The molecule has 1 unspecified atom stereocenters. The van der Waals surface area contributed by atoms with Crippen LogP contribution >= 0.6 is 23.2 Å². The minimum Gasteiger partial charge on any atom is -0.494 e. The second-order valence-corrected chi connectivity index (χ2v) is 10.2. The summed E-state index contributed by atoms with van der Waals surface area (Å²) in [4.78, 5) is 29.9. The first-order valence-corrected chi connectivity index (χ1v) is 13.5. The number of hydrogen-bond acceptors (Lipinski definition) is 8. The van der Waals surface area contributed by atoms with Crippen LogP contribution in [0.3, 0.4) is 0 Å². The number of ether oxygens (including phenoxy) is 2. The van der Waals surface area contributed by atoms with Crippen LogP contribution in [0.4, 0.5) is 11.4 Å². The number of piperazine rings is 1. The fourth-order valence-corrected chi connectivity index (χ4v) is 5.25. The summed E-state index contributed by atoms with van der Waals surface area (Å²) in [7, 11) is 0. The molecule has 0 radical (unpaired) electrons. The Morgan fingerprint density at radius 3 is 2.50 bits per heavy atom. The van der Waals surface area contributed by atoms with Crippen molar-refractivity contribution in [2.24, 2.45) is 0 Å². The molecule has 4 rings (SSSR count). The summed E-state index contributed by atoms with van der Waals surface area (Å²) in [6.07, 6.45) is -1.05. The van der Waals surface area contributed by atoms with Gasteiger partial charge >= 0.3 is 5.97 Å². The molecule has 0 saturated carbocycles. The van der Waals surface area contributed by atoms with Crippen molar-refractivity contribution in [1.82, 2.24) is 4.90 Å². The number of rotatable bonds is 10. The Morgan fingerprint density at radius 2 is 1.79 bits per heavy atom. The zero-order valence-electron chi connectivity index (χ0n) is 21.3. The summed E-state index contributed by atoms with van der Waals surface area (Å²) in [6, 6.07) is 11.1.